The van der Waals surface area contributed by atoms with Gasteiger partial charge in [0, 0.05) is 6.54 Å². The van der Waals surface area contributed by atoms with Gasteiger partial charge in [-0.25, -0.2) is 4.39 Å². The summed E-state index contributed by atoms with van der Waals surface area (Å²) in [5, 5.41) is 0. The molecule has 1 rings (SSSR count). The Kier molecular flexibility index (Phi) is 6.58. The maximum absolute atomic E-state index is 11.7. The van der Waals surface area contributed by atoms with Crippen molar-refractivity contribution in [2.24, 2.45) is 0 Å². The lowest BCUT2D eigenvalue weighted by molar-refractivity contribution is 0.245. The molecule has 3 heteroatoms. The molecule has 1 heterocycles. The molecule has 1 aliphatic rings. The third-order valence-corrected chi connectivity index (χ3v) is 2.68. The van der Waals surface area contributed by atoms with Crippen LogP contribution in [0.4, 0.5) is 4.39 Å². The van der Waals surface area contributed by atoms with Crippen molar-refractivity contribution >= 4 is 0 Å². The molecule has 0 amide bonds. The van der Waals surface area contributed by atoms with Crippen molar-refractivity contribution in [2.45, 2.75) is 19.3 Å². The molecular weight excluding hydrogens is 205 g/mol. The molecule has 0 unspecified atom stereocenters. The van der Waals surface area contributed by atoms with Gasteiger partial charge < -0.3 is 4.74 Å². The van der Waals surface area contributed by atoms with Crippen molar-refractivity contribution in [2.75, 3.05) is 26.7 Å². The molecule has 0 bridgehead atoms. The zero-order valence-corrected chi connectivity index (χ0v) is 9.86. The fourth-order valence-corrected chi connectivity index (χ4v) is 1.77. The molecule has 16 heavy (non-hydrogen) atoms. The van der Waals surface area contributed by atoms with Gasteiger partial charge in [-0.1, -0.05) is 12.5 Å². The summed E-state index contributed by atoms with van der Waals surface area (Å²) in [7, 11) is 1.63. The maximum Gasteiger partial charge on any atom is 0.116 e. The van der Waals surface area contributed by atoms with Crippen LogP contribution in [0, 0.1) is 0 Å². The Morgan fingerprint density at radius 2 is 2.00 bits per heavy atom. The summed E-state index contributed by atoms with van der Waals surface area (Å²) in [6.07, 6.45) is 11.2. The SMILES string of the molecule is COC(C=CC=CF)=CCN1CCCCC1. The molecule has 90 valence electrons. The summed E-state index contributed by atoms with van der Waals surface area (Å²) in [6.45, 7) is 3.25. The molecule has 2 nitrogen and oxygen atoms in total. The fourth-order valence-electron chi connectivity index (χ4n) is 1.77. The van der Waals surface area contributed by atoms with Crippen LogP contribution in [0.1, 0.15) is 19.3 Å². The van der Waals surface area contributed by atoms with Gasteiger partial charge in [-0.3, -0.25) is 4.90 Å². The number of rotatable bonds is 5. The van der Waals surface area contributed by atoms with Crippen molar-refractivity contribution < 1.29 is 9.13 Å². The van der Waals surface area contributed by atoms with Crippen LogP contribution in [0.3, 0.4) is 0 Å². The second kappa shape index (κ2) is 8.11. The summed E-state index contributed by atoms with van der Waals surface area (Å²) in [5.74, 6) is 0.781. The number of halogens is 1. The van der Waals surface area contributed by atoms with Gasteiger partial charge in [0.15, 0.2) is 0 Å². The summed E-state index contributed by atoms with van der Waals surface area (Å²) in [5.41, 5.74) is 0. The van der Waals surface area contributed by atoms with E-state index in [4.69, 9.17) is 4.74 Å². The van der Waals surface area contributed by atoms with Crippen LogP contribution in [-0.4, -0.2) is 31.6 Å². The lowest BCUT2D eigenvalue weighted by Crippen LogP contribution is -2.29. The van der Waals surface area contributed by atoms with E-state index in [9.17, 15) is 4.39 Å². The van der Waals surface area contributed by atoms with Crippen LogP contribution in [0.15, 0.2) is 36.4 Å². The third kappa shape index (κ3) is 5.12. The minimum absolute atomic E-state index is 0.508. The minimum Gasteiger partial charge on any atom is -0.497 e. The average Bonchev–Trinajstić information content (AvgIpc) is 2.35. The van der Waals surface area contributed by atoms with Crippen molar-refractivity contribution in [3.05, 3.63) is 36.4 Å². The Labute approximate surface area is 97.1 Å². The fraction of sp³-hybridized carbons (Fsp3) is 0.538. The normalized spacial score (nSPS) is 19.8. The number of likely N-dealkylation sites (tertiary alicyclic amines) is 1. The Bertz CT molecular complexity index is 265. The smallest absolute Gasteiger partial charge is 0.116 e. The summed E-state index contributed by atoms with van der Waals surface area (Å²) >= 11 is 0. The number of ether oxygens (including phenoxy) is 1. The molecule has 0 aromatic carbocycles. The number of hydrogen-bond donors (Lipinski definition) is 0. The highest BCUT2D eigenvalue weighted by Gasteiger charge is 2.07. The first-order chi connectivity index (χ1) is 7.86. The second-order valence-corrected chi connectivity index (χ2v) is 3.85. The van der Waals surface area contributed by atoms with Crippen molar-refractivity contribution in [1.82, 2.24) is 4.90 Å². The van der Waals surface area contributed by atoms with E-state index < -0.39 is 0 Å². The average molecular weight is 225 g/mol. The van der Waals surface area contributed by atoms with Gasteiger partial charge in [-0.05, 0) is 44.2 Å². The number of methoxy groups -OCH3 is 1. The standard InChI is InChI=1S/C13H20FNO/c1-16-13(7-3-4-9-14)8-12-15-10-5-2-6-11-15/h3-4,7-9H,2,5-6,10-12H2,1H3. The Hall–Kier alpha value is -1.09. The molecule has 0 aromatic rings. The minimum atomic E-state index is 0.508. The molecule has 0 radical (unpaired) electrons. The van der Waals surface area contributed by atoms with Crippen LogP contribution in [-0.2, 0) is 4.74 Å². The highest BCUT2D eigenvalue weighted by atomic mass is 19.1. The van der Waals surface area contributed by atoms with Gasteiger partial charge >= 0.3 is 0 Å². The molecule has 1 saturated heterocycles. The molecule has 0 N–H and O–H groups in total. The summed E-state index contributed by atoms with van der Waals surface area (Å²) < 4.78 is 16.9. The zero-order valence-electron chi connectivity index (χ0n) is 9.86. The molecule has 0 aliphatic carbocycles. The van der Waals surface area contributed by atoms with Gasteiger partial charge in [-0.2, -0.15) is 0 Å². The lowest BCUT2D eigenvalue weighted by Gasteiger charge is -2.25. The van der Waals surface area contributed by atoms with Crippen molar-refractivity contribution in [3.63, 3.8) is 0 Å². The van der Waals surface area contributed by atoms with E-state index in [0.29, 0.717) is 6.33 Å². The first kappa shape index (κ1) is 13.0. The van der Waals surface area contributed by atoms with Crippen LogP contribution in [0.2, 0.25) is 0 Å². The summed E-state index contributed by atoms with van der Waals surface area (Å²) in [4.78, 5) is 2.40. The van der Waals surface area contributed by atoms with E-state index in [2.05, 4.69) is 4.90 Å². The van der Waals surface area contributed by atoms with Gasteiger partial charge in [0.1, 0.15) is 5.76 Å². The van der Waals surface area contributed by atoms with Crippen LogP contribution in [0.25, 0.3) is 0 Å². The van der Waals surface area contributed by atoms with Gasteiger partial charge in [0.2, 0.25) is 0 Å². The van der Waals surface area contributed by atoms with Crippen LogP contribution in [0.5, 0.6) is 0 Å². The number of hydrogen-bond acceptors (Lipinski definition) is 2. The predicted molar refractivity (Wildman–Crippen MR) is 64.8 cm³/mol. The van der Waals surface area contributed by atoms with Crippen molar-refractivity contribution in [1.29, 1.82) is 0 Å². The molecule has 1 aliphatic heterocycles. The third-order valence-electron chi connectivity index (χ3n) is 2.68. The van der Waals surface area contributed by atoms with E-state index in [1.165, 1.54) is 38.4 Å². The lowest BCUT2D eigenvalue weighted by atomic mass is 10.1. The molecular formula is C13H20FNO. The maximum atomic E-state index is 11.7. The second-order valence-electron chi connectivity index (χ2n) is 3.85. The Morgan fingerprint density at radius 1 is 1.25 bits per heavy atom. The van der Waals surface area contributed by atoms with E-state index in [1.54, 1.807) is 19.3 Å². The Morgan fingerprint density at radius 3 is 2.62 bits per heavy atom. The van der Waals surface area contributed by atoms with Gasteiger partial charge in [0.05, 0.1) is 13.4 Å². The van der Waals surface area contributed by atoms with Crippen LogP contribution < -0.4 is 0 Å². The summed E-state index contributed by atoms with van der Waals surface area (Å²) in [6, 6.07) is 0. The predicted octanol–water partition coefficient (Wildman–Crippen LogP) is 3.04. The van der Waals surface area contributed by atoms with E-state index >= 15 is 0 Å². The van der Waals surface area contributed by atoms with Crippen LogP contribution >= 0.6 is 0 Å². The first-order valence-electron chi connectivity index (χ1n) is 5.76. The number of allylic oxidation sites excluding steroid dienone is 3. The van der Waals surface area contributed by atoms with Gasteiger partial charge in [-0.15, -0.1) is 0 Å². The first-order valence-corrected chi connectivity index (χ1v) is 5.76. The van der Waals surface area contributed by atoms with Gasteiger partial charge in [0.25, 0.3) is 0 Å². The molecule has 0 aromatic heterocycles. The molecule has 0 spiro atoms. The van der Waals surface area contributed by atoms with E-state index in [0.717, 1.165) is 12.3 Å². The largest absolute Gasteiger partial charge is 0.497 e. The highest BCUT2D eigenvalue weighted by Crippen LogP contribution is 2.09. The molecule has 0 saturated carbocycles. The number of piperidine rings is 1. The van der Waals surface area contributed by atoms with E-state index in [1.807, 2.05) is 6.08 Å². The zero-order chi connectivity index (χ0) is 11.6. The Balaban J connectivity index is 2.38. The number of nitrogens with zero attached hydrogens (tertiary/aromatic N) is 1. The highest BCUT2D eigenvalue weighted by molar-refractivity contribution is 5.16. The molecule has 1 fully saturated rings. The van der Waals surface area contributed by atoms with E-state index in [-0.39, 0.29) is 0 Å². The topological polar surface area (TPSA) is 12.5 Å². The quantitative estimate of drug-likeness (QED) is 0.526. The monoisotopic (exact) mass is 225 g/mol. The van der Waals surface area contributed by atoms with Crippen molar-refractivity contribution in [3.8, 4) is 0 Å². The molecule has 0 atom stereocenters.